The monoisotopic (exact) mass is 371 g/mol. The molecule has 0 bridgehead atoms. The van der Waals surface area contributed by atoms with Crippen LogP contribution in [0.3, 0.4) is 0 Å². The SMILES string of the molecule is COC(=O)c1ccc(Cn2cc(C=O)c3cc(Br)ccc32)cc1. The molecule has 0 N–H and O–H groups in total. The fourth-order valence-corrected chi connectivity index (χ4v) is 2.94. The second kappa shape index (κ2) is 6.38. The average molecular weight is 372 g/mol. The molecule has 0 spiro atoms. The molecule has 3 rings (SSSR count). The van der Waals surface area contributed by atoms with Crippen molar-refractivity contribution in [2.75, 3.05) is 7.11 Å². The number of aromatic nitrogens is 1. The van der Waals surface area contributed by atoms with Gasteiger partial charge in [0.1, 0.15) is 0 Å². The highest BCUT2D eigenvalue weighted by atomic mass is 79.9. The number of halogens is 1. The lowest BCUT2D eigenvalue weighted by Crippen LogP contribution is -2.02. The number of ether oxygens (including phenoxy) is 1. The molecule has 0 radical (unpaired) electrons. The molecule has 5 heteroatoms. The van der Waals surface area contributed by atoms with E-state index in [0.717, 1.165) is 27.2 Å². The summed E-state index contributed by atoms with van der Waals surface area (Å²) in [4.78, 5) is 22.7. The molecule has 23 heavy (non-hydrogen) atoms. The van der Waals surface area contributed by atoms with Gasteiger partial charge in [0.25, 0.3) is 0 Å². The van der Waals surface area contributed by atoms with Crippen LogP contribution in [0.5, 0.6) is 0 Å². The van der Waals surface area contributed by atoms with Crippen LogP contribution in [0.4, 0.5) is 0 Å². The van der Waals surface area contributed by atoms with Gasteiger partial charge >= 0.3 is 5.97 Å². The fourth-order valence-electron chi connectivity index (χ4n) is 2.58. The Morgan fingerprint density at radius 1 is 1.22 bits per heavy atom. The summed E-state index contributed by atoms with van der Waals surface area (Å²) < 4.78 is 7.66. The topological polar surface area (TPSA) is 48.3 Å². The van der Waals surface area contributed by atoms with Gasteiger partial charge in [-0.15, -0.1) is 0 Å². The van der Waals surface area contributed by atoms with Crippen LogP contribution in [0.2, 0.25) is 0 Å². The van der Waals surface area contributed by atoms with Crippen molar-refractivity contribution in [1.29, 1.82) is 0 Å². The zero-order chi connectivity index (χ0) is 16.4. The number of nitrogens with zero attached hydrogens (tertiary/aromatic N) is 1. The van der Waals surface area contributed by atoms with Gasteiger partial charge in [-0.2, -0.15) is 0 Å². The van der Waals surface area contributed by atoms with Crippen molar-refractivity contribution in [2.45, 2.75) is 6.54 Å². The first kappa shape index (κ1) is 15.5. The number of hydrogen-bond donors (Lipinski definition) is 0. The summed E-state index contributed by atoms with van der Waals surface area (Å²) >= 11 is 3.43. The Morgan fingerprint density at radius 3 is 2.61 bits per heavy atom. The number of carbonyl (C=O) groups is 2. The second-order valence-electron chi connectivity index (χ2n) is 5.18. The Morgan fingerprint density at radius 2 is 1.96 bits per heavy atom. The van der Waals surface area contributed by atoms with Crippen LogP contribution in [-0.4, -0.2) is 23.9 Å². The fraction of sp³-hybridized carbons (Fsp3) is 0.111. The molecule has 116 valence electrons. The molecular weight excluding hydrogens is 358 g/mol. The Balaban J connectivity index is 1.95. The number of fused-ring (bicyclic) bond motifs is 1. The molecule has 1 aromatic heterocycles. The van der Waals surface area contributed by atoms with Gasteiger partial charge in [0, 0.05) is 33.7 Å². The first-order chi connectivity index (χ1) is 11.1. The summed E-state index contributed by atoms with van der Waals surface area (Å²) in [6.45, 7) is 0.618. The lowest BCUT2D eigenvalue weighted by atomic mass is 10.1. The highest BCUT2D eigenvalue weighted by Crippen LogP contribution is 2.25. The average Bonchev–Trinajstić information content (AvgIpc) is 2.91. The Kier molecular flexibility index (Phi) is 4.30. The second-order valence-corrected chi connectivity index (χ2v) is 6.10. The predicted octanol–water partition coefficient (Wildman–Crippen LogP) is 4.05. The van der Waals surface area contributed by atoms with Crippen molar-refractivity contribution in [3.05, 3.63) is 69.8 Å². The number of benzene rings is 2. The van der Waals surface area contributed by atoms with E-state index in [0.29, 0.717) is 17.7 Å². The zero-order valence-corrected chi connectivity index (χ0v) is 14.0. The van der Waals surface area contributed by atoms with Crippen molar-refractivity contribution >= 4 is 39.1 Å². The van der Waals surface area contributed by atoms with Crippen molar-refractivity contribution in [1.82, 2.24) is 4.57 Å². The lowest BCUT2D eigenvalue weighted by molar-refractivity contribution is 0.0600. The Hall–Kier alpha value is -2.40. The minimum absolute atomic E-state index is 0.351. The molecular formula is C18H14BrNO3. The number of carbonyl (C=O) groups excluding carboxylic acids is 2. The molecule has 3 aromatic rings. The summed E-state index contributed by atoms with van der Waals surface area (Å²) in [5, 5.41) is 0.917. The van der Waals surface area contributed by atoms with Crippen molar-refractivity contribution < 1.29 is 14.3 Å². The van der Waals surface area contributed by atoms with E-state index in [1.54, 1.807) is 12.1 Å². The van der Waals surface area contributed by atoms with E-state index in [9.17, 15) is 9.59 Å². The molecule has 0 atom stereocenters. The summed E-state index contributed by atoms with van der Waals surface area (Å²) in [7, 11) is 1.36. The van der Waals surface area contributed by atoms with Gasteiger partial charge in [0.15, 0.2) is 6.29 Å². The molecule has 4 nitrogen and oxygen atoms in total. The molecule has 0 fully saturated rings. The van der Waals surface area contributed by atoms with Gasteiger partial charge in [-0.1, -0.05) is 28.1 Å². The smallest absolute Gasteiger partial charge is 0.337 e. The molecule has 0 saturated carbocycles. The molecule has 0 aliphatic carbocycles. The summed E-state index contributed by atoms with van der Waals surface area (Å²) in [6, 6.07) is 13.1. The maximum atomic E-state index is 11.5. The number of aldehydes is 1. The third-order valence-electron chi connectivity index (χ3n) is 3.73. The van der Waals surface area contributed by atoms with Crippen LogP contribution in [0, 0.1) is 0 Å². The maximum Gasteiger partial charge on any atom is 0.337 e. The van der Waals surface area contributed by atoms with E-state index in [1.165, 1.54) is 7.11 Å². The van der Waals surface area contributed by atoms with Gasteiger partial charge < -0.3 is 9.30 Å². The third kappa shape index (κ3) is 3.05. The summed E-state index contributed by atoms with van der Waals surface area (Å²) in [6.07, 6.45) is 2.71. The van der Waals surface area contributed by atoms with Crippen molar-refractivity contribution in [3.63, 3.8) is 0 Å². The van der Waals surface area contributed by atoms with Crippen LogP contribution in [0.1, 0.15) is 26.3 Å². The minimum atomic E-state index is -0.351. The maximum absolute atomic E-state index is 11.5. The van der Waals surface area contributed by atoms with Crippen LogP contribution in [0.25, 0.3) is 10.9 Å². The summed E-state index contributed by atoms with van der Waals surface area (Å²) in [5.41, 5.74) is 3.21. The zero-order valence-electron chi connectivity index (χ0n) is 12.5. The number of esters is 1. The first-order valence-electron chi connectivity index (χ1n) is 7.03. The van der Waals surface area contributed by atoms with Gasteiger partial charge in [-0.25, -0.2) is 4.79 Å². The van der Waals surface area contributed by atoms with Crippen LogP contribution >= 0.6 is 15.9 Å². The third-order valence-corrected chi connectivity index (χ3v) is 4.22. The minimum Gasteiger partial charge on any atom is -0.465 e. The van der Waals surface area contributed by atoms with Gasteiger partial charge in [-0.3, -0.25) is 4.79 Å². The Labute approximate surface area is 141 Å². The van der Waals surface area contributed by atoms with E-state index in [2.05, 4.69) is 15.9 Å². The molecule has 2 aromatic carbocycles. The quantitative estimate of drug-likeness (QED) is 0.513. The van der Waals surface area contributed by atoms with E-state index in [-0.39, 0.29) is 5.97 Å². The van der Waals surface area contributed by atoms with E-state index < -0.39 is 0 Å². The first-order valence-corrected chi connectivity index (χ1v) is 7.82. The highest BCUT2D eigenvalue weighted by Gasteiger charge is 2.10. The number of rotatable bonds is 4. The standard InChI is InChI=1S/C18H14BrNO3/c1-23-18(22)13-4-2-12(3-5-13)9-20-10-14(11-21)16-8-15(19)6-7-17(16)20/h2-8,10-11H,9H2,1H3. The van der Waals surface area contributed by atoms with E-state index in [4.69, 9.17) is 4.74 Å². The molecule has 1 heterocycles. The van der Waals surface area contributed by atoms with Crippen LogP contribution in [-0.2, 0) is 11.3 Å². The van der Waals surface area contributed by atoms with E-state index in [1.807, 2.05) is 41.1 Å². The highest BCUT2D eigenvalue weighted by molar-refractivity contribution is 9.10. The normalized spacial score (nSPS) is 10.7. The number of hydrogen-bond acceptors (Lipinski definition) is 3. The molecule has 0 aliphatic rings. The van der Waals surface area contributed by atoms with E-state index >= 15 is 0 Å². The molecule has 0 unspecified atom stereocenters. The summed E-state index contributed by atoms with van der Waals surface area (Å²) in [5.74, 6) is -0.351. The largest absolute Gasteiger partial charge is 0.465 e. The van der Waals surface area contributed by atoms with Gasteiger partial charge in [0.2, 0.25) is 0 Å². The van der Waals surface area contributed by atoms with Crippen LogP contribution in [0.15, 0.2) is 53.1 Å². The Bertz CT molecular complexity index is 881. The van der Waals surface area contributed by atoms with Crippen molar-refractivity contribution in [3.8, 4) is 0 Å². The predicted molar refractivity (Wildman–Crippen MR) is 91.9 cm³/mol. The molecule has 0 saturated heterocycles. The molecule has 0 aliphatic heterocycles. The van der Waals surface area contributed by atoms with Crippen molar-refractivity contribution in [2.24, 2.45) is 0 Å². The van der Waals surface area contributed by atoms with Gasteiger partial charge in [-0.05, 0) is 35.9 Å². The number of methoxy groups -OCH3 is 1. The van der Waals surface area contributed by atoms with Crippen LogP contribution < -0.4 is 0 Å². The molecule has 0 amide bonds. The van der Waals surface area contributed by atoms with Gasteiger partial charge in [0.05, 0.1) is 12.7 Å². The lowest BCUT2D eigenvalue weighted by Gasteiger charge is -2.07.